The zero-order valence-electron chi connectivity index (χ0n) is 17.6. The molecular formula is C22H23F3N2O4S. The van der Waals surface area contributed by atoms with E-state index in [0.717, 1.165) is 29.8 Å². The van der Waals surface area contributed by atoms with Crippen molar-refractivity contribution in [3.8, 4) is 0 Å². The van der Waals surface area contributed by atoms with E-state index in [2.05, 4.69) is 5.32 Å². The summed E-state index contributed by atoms with van der Waals surface area (Å²) in [6, 6.07) is 8.41. The Bertz CT molecular complexity index is 1130. The number of halogens is 3. The van der Waals surface area contributed by atoms with E-state index in [-0.39, 0.29) is 29.0 Å². The van der Waals surface area contributed by atoms with Gasteiger partial charge in [-0.1, -0.05) is 6.92 Å². The molecule has 0 radical (unpaired) electrons. The average molecular weight is 468 g/mol. The first-order valence-electron chi connectivity index (χ1n) is 10.1. The fourth-order valence-electron chi connectivity index (χ4n) is 3.66. The molecule has 32 heavy (non-hydrogen) atoms. The molecule has 0 fully saturated rings. The van der Waals surface area contributed by atoms with Crippen molar-refractivity contribution < 1.29 is 31.2 Å². The molecule has 0 bridgehead atoms. The van der Waals surface area contributed by atoms with E-state index >= 15 is 0 Å². The molecule has 0 aromatic heterocycles. The number of alkyl halides is 3. The second-order valence-electron chi connectivity index (χ2n) is 7.65. The topological polar surface area (TPSA) is 83.6 Å². The lowest BCUT2D eigenvalue weighted by molar-refractivity contribution is -0.137. The number of rotatable bonds is 6. The van der Waals surface area contributed by atoms with E-state index < -0.39 is 33.2 Å². The molecule has 0 spiro atoms. The highest BCUT2D eigenvalue weighted by molar-refractivity contribution is 7.91. The molecule has 1 N–H and O–H groups in total. The van der Waals surface area contributed by atoms with E-state index in [1.807, 2.05) is 6.92 Å². The summed E-state index contributed by atoms with van der Waals surface area (Å²) >= 11 is 0. The van der Waals surface area contributed by atoms with Crippen LogP contribution >= 0.6 is 0 Å². The van der Waals surface area contributed by atoms with Gasteiger partial charge in [-0.25, -0.2) is 8.42 Å². The van der Waals surface area contributed by atoms with Crippen molar-refractivity contribution >= 4 is 33.0 Å². The summed E-state index contributed by atoms with van der Waals surface area (Å²) < 4.78 is 63.2. The molecule has 1 aliphatic heterocycles. The highest BCUT2D eigenvalue weighted by Crippen LogP contribution is 2.34. The maximum atomic E-state index is 12.7. The summed E-state index contributed by atoms with van der Waals surface area (Å²) in [7, 11) is -3.77. The summed E-state index contributed by atoms with van der Waals surface area (Å²) in [6.07, 6.45) is -3.95. The Hall–Kier alpha value is -2.88. The van der Waals surface area contributed by atoms with Crippen molar-refractivity contribution in [3.05, 3.63) is 53.6 Å². The Balaban J connectivity index is 1.65. The first-order chi connectivity index (χ1) is 14.9. The van der Waals surface area contributed by atoms with Gasteiger partial charge >= 0.3 is 6.18 Å². The number of benzene rings is 2. The van der Waals surface area contributed by atoms with E-state index in [9.17, 15) is 31.2 Å². The smallest absolute Gasteiger partial charge is 0.326 e. The Morgan fingerprint density at radius 1 is 1.12 bits per heavy atom. The van der Waals surface area contributed by atoms with Gasteiger partial charge in [-0.2, -0.15) is 13.2 Å². The number of hydrogen-bond acceptors (Lipinski definition) is 4. The van der Waals surface area contributed by atoms with Crippen LogP contribution < -0.4 is 10.2 Å². The zero-order chi connectivity index (χ0) is 23.7. The first-order valence-corrected chi connectivity index (χ1v) is 11.7. The van der Waals surface area contributed by atoms with Crippen molar-refractivity contribution in [1.29, 1.82) is 0 Å². The normalized spacial score (nSPS) is 16.0. The number of hydrogen-bond donors (Lipinski definition) is 1. The van der Waals surface area contributed by atoms with Crippen LogP contribution in [0.25, 0.3) is 0 Å². The molecule has 10 heteroatoms. The molecule has 2 amide bonds. The number of nitrogens with zero attached hydrogens (tertiary/aromatic N) is 1. The largest absolute Gasteiger partial charge is 0.416 e. The summed E-state index contributed by atoms with van der Waals surface area (Å²) in [4.78, 5) is 26.0. The molecule has 0 saturated heterocycles. The van der Waals surface area contributed by atoms with Crippen LogP contribution in [0.1, 0.15) is 37.8 Å². The van der Waals surface area contributed by atoms with Crippen LogP contribution in [0.15, 0.2) is 47.4 Å². The highest BCUT2D eigenvalue weighted by atomic mass is 32.2. The van der Waals surface area contributed by atoms with Crippen molar-refractivity contribution in [1.82, 2.24) is 0 Å². The second-order valence-corrected chi connectivity index (χ2v) is 9.76. The summed E-state index contributed by atoms with van der Waals surface area (Å²) in [5, 5.41) is 2.40. The van der Waals surface area contributed by atoms with Crippen LogP contribution in [-0.4, -0.2) is 32.0 Å². The minimum Gasteiger partial charge on any atom is -0.326 e. The number of anilines is 2. The van der Waals surface area contributed by atoms with E-state index in [0.29, 0.717) is 18.5 Å². The molecule has 6 nitrogen and oxygen atoms in total. The molecule has 3 rings (SSSR count). The zero-order valence-corrected chi connectivity index (χ0v) is 18.4. The van der Waals surface area contributed by atoms with Crippen LogP contribution in [-0.2, 0) is 32.0 Å². The summed E-state index contributed by atoms with van der Waals surface area (Å²) in [6.45, 7) is 3.66. The van der Waals surface area contributed by atoms with Crippen molar-refractivity contribution in [2.45, 2.75) is 50.2 Å². The van der Waals surface area contributed by atoms with Gasteiger partial charge in [-0.3, -0.25) is 9.59 Å². The van der Waals surface area contributed by atoms with Crippen molar-refractivity contribution in [3.63, 3.8) is 0 Å². The van der Waals surface area contributed by atoms with Gasteiger partial charge < -0.3 is 10.2 Å². The van der Waals surface area contributed by atoms with Gasteiger partial charge in [-0.15, -0.1) is 0 Å². The van der Waals surface area contributed by atoms with E-state index in [1.165, 1.54) is 12.1 Å². The lowest BCUT2D eigenvalue weighted by Crippen LogP contribution is -2.35. The predicted molar refractivity (Wildman–Crippen MR) is 114 cm³/mol. The van der Waals surface area contributed by atoms with E-state index in [4.69, 9.17) is 0 Å². The van der Waals surface area contributed by atoms with Gasteiger partial charge in [-0.05, 0) is 61.4 Å². The Morgan fingerprint density at radius 3 is 2.38 bits per heavy atom. The third kappa shape index (κ3) is 5.12. The Morgan fingerprint density at radius 2 is 1.78 bits per heavy atom. The minimum atomic E-state index is -4.48. The number of carbonyl (C=O) groups excluding carboxylic acids is 2. The summed E-state index contributed by atoms with van der Waals surface area (Å²) in [5.74, 6) is -1.11. The molecule has 2 aromatic carbocycles. The van der Waals surface area contributed by atoms with Crippen LogP contribution in [0.5, 0.6) is 0 Å². The Kier molecular flexibility index (Phi) is 6.64. The number of carbonyl (C=O) groups is 2. The maximum absolute atomic E-state index is 12.7. The fourth-order valence-corrected chi connectivity index (χ4v) is 4.95. The van der Waals surface area contributed by atoms with Gasteiger partial charge in [0.2, 0.25) is 11.8 Å². The molecule has 1 unspecified atom stereocenters. The fraction of sp³-hybridized carbons (Fsp3) is 0.364. The average Bonchev–Trinajstić information content (AvgIpc) is 3.06. The molecule has 1 heterocycles. The predicted octanol–water partition coefficient (Wildman–Crippen LogP) is 4.20. The van der Waals surface area contributed by atoms with Crippen molar-refractivity contribution in [2.24, 2.45) is 0 Å². The minimum absolute atomic E-state index is 0.0354. The molecule has 1 atom stereocenters. The van der Waals surface area contributed by atoms with Crippen molar-refractivity contribution in [2.75, 3.05) is 16.0 Å². The standard InChI is InChI=1S/C22H23F3N2O4S/c1-3-21(29)27-14(2)12-15-13-18(8-9-19(15)27)32(30,31)11-10-20(28)26-17-6-4-16(5-7-17)22(23,24)25/h4-9,13-14H,3,10-12H2,1-2H3,(H,26,28). The Labute approximate surface area is 184 Å². The second kappa shape index (κ2) is 8.93. The molecule has 0 aliphatic carbocycles. The van der Waals surface area contributed by atoms with Gasteiger partial charge in [0.05, 0.1) is 16.2 Å². The molecule has 172 valence electrons. The molecule has 1 aliphatic rings. The van der Waals surface area contributed by atoms with E-state index in [1.54, 1.807) is 17.9 Å². The monoisotopic (exact) mass is 468 g/mol. The van der Waals surface area contributed by atoms with Gasteiger partial charge in [0, 0.05) is 30.3 Å². The van der Waals surface area contributed by atoms with Gasteiger partial charge in [0.15, 0.2) is 9.84 Å². The number of nitrogens with one attached hydrogen (secondary N) is 1. The molecule has 2 aromatic rings. The SMILES string of the molecule is CCC(=O)N1c2ccc(S(=O)(=O)CCC(=O)Nc3ccc(C(F)(F)F)cc3)cc2CC1C. The number of sulfone groups is 1. The van der Waals surface area contributed by atoms with Crippen LogP contribution in [0.4, 0.5) is 24.5 Å². The van der Waals surface area contributed by atoms with Crippen LogP contribution in [0, 0.1) is 0 Å². The third-order valence-corrected chi connectivity index (χ3v) is 7.00. The lowest BCUT2D eigenvalue weighted by Gasteiger charge is -2.22. The molecular weight excluding hydrogens is 445 g/mol. The maximum Gasteiger partial charge on any atom is 0.416 e. The number of fused-ring (bicyclic) bond motifs is 1. The van der Waals surface area contributed by atoms with Crippen LogP contribution in [0.3, 0.4) is 0 Å². The third-order valence-electron chi connectivity index (χ3n) is 5.29. The van der Waals surface area contributed by atoms with Gasteiger partial charge in [0.25, 0.3) is 0 Å². The summed E-state index contributed by atoms with van der Waals surface area (Å²) in [5.41, 5.74) is 0.758. The van der Waals surface area contributed by atoms with Crippen LogP contribution in [0.2, 0.25) is 0 Å². The van der Waals surface area contributed by atoms with Gasteiger partial charge in [0.1, 0.15) is 0 Å². The molecule has 0 saturated carbocycles. The number of amides is 2. The first kappa shape index (κ1) is 23.8. The quantitative estimate of drug-likeness (QED) is 0.689. The lowest BCUT2D eigenvalue weighted by atomic mass is 10.1. The highest BCUT2D eigenvalue weighted by Gasteiger charge is 2.32.